The molecule has 1 saturated heterocycles. The molecule has 0 spiro atoms. The first-order valence-corrected chi connectivity index (χ1v) is 11.3. The van der Waals surface area contributed by atoms with Crippen LogP contribution in [0.3, 0.4) is 0 Å². The van der Waals surface area contributed by atoms with Gasteiger partial charge < -0.3 is 10.6 Å². The van der Waals surface area contributed by atoms with E-state index < -0.39 is 29.9 Å². The van der Waals surface area contributed by atoms with E-state index in [1.54, 1.807) is 6.08 Å². The number of carbonyl (C=O) groups excluding carboxylic acids is 1. The van der Waals surface area contributed by atoms with Crippen LogP contribution in [-0.2, 0) is 4.79 Å². The number of piperidine rings is 1. The number of alkyl halides is 3. The summed E-state index contributed by atoms with van der Waals surface area (Å²) in [7, 11) is 0. The Hall–Kier alpha value is -1.68. The summed E-state index contributed by atoms with van der Waals surface area (Å²) in [6, 6.07) is -1.33. The Bertz CT molecular complexity index is 814. The van der Waals surface area contributed by atoms with E-state index in [2.05, 4.69) is 20.6 Å². The number of amidine groups is 1. The molecule has 1 saturated carbocycles. The van der Waals surface area contributed by atoms with Crippen LogP contribution in [-0.4, -0.2) is 53.3 Å². The Morgan fingerprint density at radius 2 is 1.97 bits per heavy atom. The summed E-state index contributed by atoms with van der Waals surface area (Å²) in [5, 5.41) is 4.92. The average Bonchev–Trinajstić information content (AvgIpc) is 3.18. The number of hydrogen-bond acceptors (Lipinski definition) is 5. The van der Waals surface area contributed by atoms with Gasteiger partial charge in [-0.1, -0.05) is 12.8 Å². The number of allylic oxidation sites excluding steroid dienone is 2. The maximum atomic E-state index is 14.5. The van der Waals surface area contributed by atoms with Crippen LogP contribution in [0.5, 0.6) is 0 Å². The van der Waals surface area contributed by atoms with Gasteiger partial charge >= 0.3 is 6.18 Å². The molecule has 2 heterocycles. The van der Waals surface area contributed by atoms with E-state index in [1.807, 2.05) is 0 Å². The lowest BCUT2D eigenvalue weighted by Crippen LogP contribution is -2.49. The molecular weight excluding hydrogens is 420 g/mol. The molecule has 0 aromatic carbocycles. The molecule has 164 valence electrons. The van der Waals surface area contributed by atoms with Crippen LogP contribution in [0, 0.1) is 5.92 Å². The van der Waals surface area contributed by atoms with Gasteiger partial charge in [-0.25, -0.2) is 9.38 Å². The number of nitrogens with zero attached hydrogens (tertiary/aromatic N) is 2. The second-order valence-corrected chi connectivity index (χ2v) is 9.37. The molecule has 3 atom stereocenters. The third kappa shape index (κ3) is 4.96. The first-order chi connectivity index (χ1) is 14.3. The number of fused-ring (bicyclic) bond motifs is 1. The topological polar surface area (TPSA) is 65.8 Å². The number of carbonyl (C=O) groups is 1. The Balaban J connectivity index is 1.44. The standard InChI is InChI=1S/C20H24F4N4OS/c21-14-7-12(26-11-3-1-2-4-11)8-15-18(14)19(29)28-17(27-15)10-30-13-5-6-25-16(9-13)20(22,23)24/h7-8,11,13,16,18,25H,1-6,9-10H2,(H,27,28,29)/t13-,16-,18?/m0/s1. The molecule has 2 fully saturated rings. The molecule has 1 amide bonds. The second-order valence-electron chi connectivity index (χ2n) is 8.08. The predicted octanol–water partition coefficient (Wildman–Crippen LogP) is 3.68. The zero-order valence-corrected chi connectivity index (χ0v) is 17.2. The Labute approximate surface area is 176 Å². The number of aliphatic imine (C=N–C) groups is 2. The zero-order chi connectivity index (χ0) is 21.3. The van der Waals surface area contributed by atoms with E-state index in [0.29, 0.717) is 30.2 Å². The minimum absolute atomic E-state index is 0.0176. The van der Waals surface area contributed by atoms with Crippen molar-refractivity contribution >= 4 is 29.2 Å². The van der Waals surface area contributed by atoms with E-state index in [0.717, 1.165) is 25.7 Å². The molecule has 2 aliphatic heterocycles. The fraction of sp³-hybridized carbons (Fsp3) is 0.650. The summed E-state index contributed by atoms with van der Waals surface area (Å²) in [4.78, 5) is 21.4. The summed E-state index contributed by atoms with van der Waals surface area (Å²) in [6.07, 6.45) is 3.46. The molecule has 0 radical (unpaired) electrons. The van der Waals surface area contributed by atoms with Crippen molar-refractivity contribution in [1.82, 2.24) is 10.6 Å². The van der Waals surface area contributed by atoms with E-state index in [-0.39, 0.29) is 23.5 Å². The smallest absolute Gasteiger partial charge is 0.313 e. The maximum absolute atomic E-state index is 14.5. The first kappa shape index (κ1) is 21.5. The second kappa shape index (κ2) is 8.82. The molecule has 0 aromatic rings. The Morgan fingerprint density at radius 1 is 1.20 bits per heavy atom. The molecule has 1 unspecified atom stereocenters. The number of rotatable bonds is 4. The van der Waals surface area contributed by atoms with Gasteiger partial charge in [0.15, 0.2) is 0 Å². The molecule has 0 aromatic heterocycles. The van der Waals surface area contributed by atoms with E-state index in [1.165, 1.54) is 17.8 Å². The molecule has 4 aliphatic rings. The first-order valence-electron chi connectivity index (χ1n) is 10.3. The van der Waals surface area contributed by atoms with Crippen LogP contribution in [0.15, 0.2) is 33.7 Å². The lowest BCUT2D eigenvalue weighted by atomic mass is 9.94. The molecule has 30 heavy (non-hydrogen) atoms. The van der Waals surface area contributed by atoms with Crippen molar-refractivity contribution in [3.63, 3.8) is 0 Å². The summed E-state index contributed by atoms with van der Waals surface area (Å²) >= 11 is 1.34. The van der Waals surface area contributed by atoms with Crippen molar-refractivity contribution < 1.29 is 22.4 Å². The van der Waals surface area contributed by atoms with Crippen LogP contribution in [0.1, 0.15) is 38.5 Å². The minimum atomic E-state index is -4.27. The van der Waals surface area contributed by atoms with Crippen molar-refractivity contribution in [2.24, 2.45) is 15.9 Å². The fourth-order valence-electron chi connectivity index (χ4n) is 4.26. The van der Waals surface area contributed by atoms with Gasteiger partial charge in [0.1, 0.15) is 23.6 Å². The van der Waals surface area contributed by atoms with Crippen LogP contribution in [0.25, 0.3) is 0 Å². The molecule has 0 bridgehead atoms. The number of amides is 1. The average molecular weight is 444 g/mol. The summed E-state index contributed by atoms with van der Waals surface area (Å²) < 4.78 is 53.4. The minimum Gasteiger partial charge on any atom is -0.313 e. The fourth-order valence-corrected chi connectivity index (χ4v) is 5.41. The van der Waals surface area contributed by atoms with Gasteiger partial charge in [0.2, 0.25) is 5.91 Å². The number of thioether (sulfide) groups is 1. The van der Waals surface area contributed by atoms with Gasteiger partial charge in [-0.2, -0.15) is 24.9 Å². The van der Waals surface area contributed by atoms with E-state index in [9.17, 15) is 22.4 Å². The van der Waals surface area contributed by atoms with Gasteiger partial charge in [-0.15, -0.1) is 0 Å². The number of nitrogens with one attached hydrogen (secondary N) is 2. The van der Waals surface area contributed by atoms with Gasteiger partial charge in [-0.05, 0) is 44.4 Å². The molecule has 4 rings (SSSR count). The highest BCUT2D eigenvalue weighted by molar-refractivity contribution is 8.00. The zero-order valence-electron chi connectivity index (χ0n) is 16.3. The summed E-state index contributed by atoms with van der Waals surface area (Å²) in [5.74, 6) is -1.53. The molecule has 2 N–H and O–H groups in total. The van der Waals surface area contributed by atoms with E-state index >= 15 is 0 Å². The lowest BCUT2D eigenvalue weighted by molar-refractivity contribution is -0.159. The third-order valence-corrected chi connectivity index (χ3v) is 7.15. The molecule has 5 nitrogen and oxygen atoms in total. The van der Waals surface area contributed by atoms with Gasteiger partial charge in [0.05, 0.1) is 23.2 Å². The quantitative estimate of drug-likeness (QED) is 0.650. The highest BCUT2D eigenvalue weighted by Gasteiger charge is 2.42. The Morgan fingerprint density at radius 3 is 2.70 bits per heavy atom. The van der Waals surface area contributed by atoms with Crippen molar-refractivity contribution in [3.05, 3.63) is 23.7 Å². The highest BCUT2D eigenvalue weighted by Crippen LogP contribution is 2.33. The van der Waals surface area contributed by atoms with Crippen molar-refractivity contribution in [3.8, 4) is 0 Å². The number of halogens is 4. The highest BCUT2D eigenvalue weighted by atomic mass is 32.2. The monoisotopic (exact) mass is 444 g/mol. The van der Waals surface area contributed by atoms with Crippen LogP contribution in [0.4, 0.5) is 17.6 Å². The van der Waals surface area contributed by atoms with Gasteiger partial charge in [-0.3, -0.25) is 9.79 Å². The summed E-state index contributed by atoms with van der Waals surface area (Å²) in [6.45, 7) is 0.297. The van der Waals surface area contributed by atoms with Crippen LogP contribution >= 0.6 is 11.8 Å². The normalized spacial score (nSPS) is 31.7. The van der Waals surface area contributed by atoms with Gasteiger partial charge in [0, 0.05) is 5.25 Å². The van der Waals surface area contributed by atoms with Crippen molar-refractivity contribution in [2.45, 2.75) is 62.0 Å². The largest absolute Gasteiger partial charge is 0.403 e. The lowest BCUT2D eigenvalue weighted by Gasteiger charge is -2.32. The van der Waals surface area contributed by atoms with Crippen LogP contribution in [0.2, 0.25) is 0 Å². The maximum Gasteiger partial charge on any atom is 0.403 e. The van der Waals surface area contributed by atoms with Crippen LogP contribution < -0.4 is 10.6 Å². The summed E-state index contributed by atoms with van der Waals surface area (Å²) in [5.41, 5.74) is 0.798. The molecular formula is C20H24F4N4OS. The van der Waals surface area contributed by atoms with Gasteiger partial charge in [0.25, 0.3) is 0 Å². The SMILES string of the molecule is O=C1NC(CS[C@H]2CCN[C@H](C(F)(F)F)C2)=NC2=CC(=NC3CCCC3)C=C(F)C12. The Kier molecular flexibility index (Phi) is 6.34. The third-order valence-electron chi connectivity index (χ3n) is 5.81. The number of hydrogen-bond donors (Lipinski definition) is 2. The van der Waals surface area contributed by atoms with Crippen molar-refractivity contribution in [2.75, 3.05) is 12.3 Å². The molecule has 10 heteroatoms. The van der Waals surface area contributed by atoms with E-state index in [4.69, 9.17) is 0 Å². The predicted molar refractivity (Wildman–Crippen MR) is 109 cm³/mol. The molecule has 2 aliphatic carbocycles. The van der Waals surface area contributed by atoms with Crippen molar-refractivity contribution in [1.29, 1.82) is 0 Å².